The lowest BCUT2D eigenvalue weighted by Gasteiger charge is -2.06. The van der Waals surface area contributed by atoms with Gasteiger partial charge in [0.05, 0.1) is 9.16 Å². The highest BCUT2D eigenvalue weighted by atomic mass is 79.9. The normalized spacial score (nSPS) is 13.3. The van der Waals surface area contributed by atoms with E-state index >= 15 is 0 Å². The van der Waals surface area contributed by atoms with Crippen molar-refractivity contribution in [2.24, 2.45) is 0 Å². The maximum absolute atomic E-state index is 6.21. The summed E-state index contributed by atoms with van der Waals surface area (Å²) in [5, 5.41) is 0.192. The predicted molar refractivity (Wildman–Crippen MR) is 60.3 cm³/mol. The van der Waals surface area contributed by atoms with Gasteiger partial charge in [-0.3, -0.25) is 0 Å². The molecule has 3 heteroatoms. The van der Waals surface area contributed by atoms with E-state index in [0.717, 1.165) is 12.8 Å². The highest BCUT2D eigenvalue weighted by Crippen LogP contribution is 2.35. The van der Waals surface area contributed by atoms with Gasteiger partial charge >= 0.3 is 0 Å². The van der Waals surface area contributed by atoms with Crippen LogP contribution < -0.4 is 0 Å². The van der Waals surface area contributed by atoms with Crippen molar-refractivity contribution in [3.05, 3.63) is 20.3 Å². The summed E-state index contributed by atoms with van der Waals surface area (Å²) in [7, 11) is 0. The number of hydrogen-bond acceptors (Lipinski definition) is 1. The van der Waals surface area contributed by atoms with E-state index < -0.39 is 0 Å². The smallest absolute Gasteiger partial charge is 0.0704 e. The Bertz CT molecular complexity index is 257. The molecule has 0 aliphatic heterocycles. The van der Waals surface area contributed by atoms with Gasteiger partial charge < -0.3 is 0 Å². The van der Waals surface area contributed by atoms with E-state index in [1.165, 1.54) is 14.2 Å². The molecule has 1 atom stereocenters. The summed E-state index contributed by atoms with van der Waals surface area (Å²) in [6.07, 6.45) is 2.20. The van der Waals surface area contributed by atoms with Gasteiger partial charge in [-0.1, -0.05) is 13.3 Å². The summed E-state index contributed by atoms with van der Waals surface area (Å²) >= 11 is 11.4. The molecule has 1 unspecified atom stereocenters. The summed E-state index contributed by atoms with van der Waals surface area (Å²) in [4.78, 5) is 1.33. The molecule has 1 heterocycles. The van der Waals surface area contributed by atoms with Crippen LogP contribution in [0.4, 0.5) is 0 Å². The molecule has 68 valence electrons. The van der Waals surface area contributed by atoms with Gasteiger partial charge in [-0.2, -0.15) is 0 Å². The molecule has 0 aliphatic rings. The average molecular weight is 268 g/mol. The molecular weight excluding hydrogens is 256 g/mol. The zero-order valence-corrected chi connectivity index (χ0v) is 10.4. The van der Waals surface area contributed by atoms with Crippen LogP contribution in [-0.2, 0) is 0 Å². The van der Waals surface area contributed by atoms with E-state index in [2.05, 4.69) is 35.8 Å². The molecule has 0 fully saturated rings. The fourth-order valence-electron chi connectivity index (χ4n) is 1.18. The maximum Gasteiger partial charge on any atom is 0.0704 e. The SMILES string of the molecule is CCCC(Cl)c1cc(Br)sc1C. The number of halogens is 2. The first kappa shape index (κ1) is 10.6. The van der Waals surface area contributed by atoms with Crippen molar-refractivity contribution in [1.29, 1.82) is 0 Å². The summed E-state index contributed by atoms with van der Waals surface area (Å²) in [6, 6.07) is 2.13. The molecule has 0 amide bonds. The largest absolute Gasteiger partial charge is 0.133 e. The Morgan fingerprint density at radius 3 is 2.75 bits per heavy atom. The molecule has 0 nitrogen and oxygen atoms in total. The minimum atomic E-state index is 0.192. The van der Waals surface area contributed by atoms with Gasteiger partial charge in [0.2, 0.25) is 0 Å². The molecule has 0 radical (unpaired) electrons. The summed E-state index contributed by atoms with van der Waals surface area (Å²) in [6.45, 7) is 4.28. The van der Waals surface area contributed by atoms with Gasteiger partial charge in [0.25, 0.3) is 0 Å². The second-order valence-corrected chi connectivity index (χ2v) is 5.98. The third kappa shape index (κ3) is 2.48. The monoisotopic (exact) mass is 266 g/mol. The summed E-state index contributed by atoms with van der Waals surface area (Å²) in [5.41, 5.74) is 1.29. The van der Waals surface area contributed by atoms with Crippen LogP contribution in [0, 0.1) is 6.92 Å². The highest BCUT2D eigenvalue weighted by Gasteiger charge is 2.12. The minimum Gasteiger partial charge on any atom is -0.133 e. The number of hydrogen-bond donors (Lipinski definition) is 0. The van der Waals surface area contributed by atoms with Gasteiger partial charge in [0.1, 0.15) is 0 Å². The van der Waals surface area contributed by atoms with Crippen molar-refractivity contribution in [2.75, 3.05) is 0 Å². The molecule has 0 saturated heterocycles. The van der Waals surface area contributed by atoms with E-state index in [0.29, 0.717) is 0 Å². The van der Waals surface area contributed by atoms with Crippen LogP contribution in [-0.4, -0.2) is 0 Å². The van der Waals surface area contributed by atoms with E-state index in [-0.39, 0.29) is 5.38 Å². The Hall–Kier alpha value is 0.470. The molecule has 12 heavy (non-hydrogen) atoms. The number of thiophene rings is 1. The molecule has 1 aromatic rings. The van der Waals surface area contributed by atoms with Crippen LogP contribution in [0.1, 0.15) is 35.6 Å². The molecular formula is C9H12BrClS. The van der Waals surface area contributed by atoms with Gasteiger partial charge in [0.15, 0.2) is 0 Å². The zero-order valence-electron chi connectivity index (χ0n) is 7.23. The van der Waals surface area contributed by atoms with Crippen LogP contribution in [0.5, 0.6) is 0 Å². The molecule has 0 aromatic carbocycles. The van der Waals surface area contributed by atoms with E-state index in [1.54, 1.807) is 11.3 Å². The Balaban J connectivity index is 2.79. The maximum atomic E-state index is 6.21. The van der Waals surface area contributed by atoms with Crippen molar-refractivity contribution in [2.45, 2.75) is 32.1 Å². The van der Waals surface area contributed by atoms with Crippen molar-refractivity contribution < 1.29 is 0 Å². The van der Waals surface area contributed by atoms with E-state index in [4.69, 9.17) is 11.6 Å². The lowest BCUT2D eigenvalue weighted by atomic mass is 10.1. The molecule has 0 saturated carbocycles. The Morgan fingerprint density at radius 2 is 2.33 bits per heavy atom. The Labute approximate surface area is 91.1 Å². The first-order chi connectivity index (χ1) is 5.65. The third-order valence-corrected chi connectivity index (χ3v) is 3.83. The van der Waals surface area contributed by atoms with Gasteiger partial charge in [-0.05, 0) is 40.9 Å². The molecule has 0 bridgehead atoms. The molecule has 1 aromatic heterocycles. The zero-order chi connectivity index (χ0) is 9.14. The molecule has 0 aliphatic carbocycles. The fraction of sp³-hybridized carbons (Fsp3) is 0.556. The van der Waals surface area contributed by atoms with Gasteiger partial charge in [0, 0.05) is 4.88 Å². The standard InChI is InChI=1S/C9H12BrClS/c1-3-4-8(11)7-5-9(10)12-6(7)2/h5,8H,3-4H2,1-2H3. The lowest BCUT2D eigenvalue weighted by molar-refractivity contribution is 0.769. The summed E-state index contributed by atoms with van der Waals surface area (Å²) < 4.78 is 1.18. The second-order valence-electron chi connectivity index (χ2n) is 2.82. The minimum absolute atomic E-state index is 0.192. The molecule has 0 N–H and O–H groups in total. The first-order valence-corrected chi connectivity index (χ1v) is 6.09. The average Bonchev–Trinajstić information content (AvgIpc) is 2.30. The van der Waals surface area contributed by atoms with Gasteiger partial charge in [-0.25, -0.2) is 0 Å². The van der Waals surface area contributed by atoms with Crippen LogP contribution in [0.3, 0.4) is 0 Å². The number of alkyl halides is 1. The quantitative estimate of drug-likeness (QED) is 0.683. The van der Waals surface area contributed by atoms with Crippen molar-refractivity contribution >= 4 is 38.9 Å². The third-order valence-electron chi connectivity index (χ3n) is 1.81. The van der Waals surface area contributed by atoms with Crippen LogP contribution in [0.15, 0.2) is 9.85 Å². The Morgan fingerprint density at radius 1 is 1.67 bits per heavy atom. The predicted octanol–water partition coefficient (Wildman–Crippen LogP) is 4.90. The topological polar surface area (TPSA) is 0 Å². The first-order valence-electron chi connectivity index (χ1n) is 4.05. The highest BCUT2D eigenvalue weighted by molar-refractivity contribution is 9.11. The van der Waals surface area contributed by atoms with Crippen LogP contribution >= 0.6 is 38.9 Å². The van der Waals surface area contributed by atoms with Gasteiger partial charge in [-0.15, -0.1) is 22.9 Å². The number of rotatable bonds is 3. The van der Waals surface area contributed by atoms with Crippen LogP contribution in [0.2, 0.25) is 0 Å². The fourth-order valence-corrected chi connectivity index (χ4v) is 3.46. The van der Waals surface area contributed by atoms with Crippen LogP contribution in [0.25, 0.3) is 0 Å². The van der Waals surface area contributed by atoms with Crippen molar-refractivity contribution in [1.82, 2.24) is 0 Å². The molecule has 1 rings (SSSR count). The van der Waals surface area contributed by atoms with Crippen molar-refractivity contribution in [3.8, 4) is 0 Å². The summed E-state index contributed by atoms with van der Waals surface area (Å²) in [5.74, 6) is 0. The van der Waals surface area contributed by atoms with E-state index in [9.17, 15) is 0 Å². The van der Waals surface area contributed by atoms with E-state index in [1.807, 2.05) is 0 Å². The lowest BCUT2D eigenvalue weighted by Crippen LogP contribution is -1.88. The van der Waals surface area contributed by atoms with Crippen molar-refractivity contribution in [3.63, 3.8) is 0 Å². The molecule has 0 spiro atoms. The Kier molecular flexibility index (Phi) is 4.08. The number of aryl methyl sites for hydroxylation is 1. The second kappa shape index (κ2) is 4.64.